The Morgan fingerprint density at radius 2 is 1.95 bits per heavy atom. The second-order valence-electron chi connectivity index (χ2n) is 4.32. The van der Waals surface area contributed by atoms with E-state index in [0.717, 1.165) is 6.07 Å². The van der Waals surface area contributed by atoms with Crippen LogP contribution in [0, 0.1) is 18.6 Å². The number of nitrogens with zero attached hydrogens (tertiary/aromatic N) is 5. The summed E-state index contributed by atoms with van der Waals surface area (Å²) in [5.74, 6) is -1.73. The lowest BCUT2D eigenvalue weighted by Gasteiger charge is -2.08. The van der Waals surface area contributed by atoms with Crippen molar-refractivity contribution in [2.24, 2.45) is 0 Å². The molecule has 3 aromatic rings. The zero-order chi connectivity index (χ0) is 15.0. The molecule has 0 aliphatic heterocycles. The summed E-state index contributed by atoms with van der Waals surface area (Å²) in [5.41, 5.74) is 5.54. The highest BCUT2D eigenvalue weighted by Gasteiger charge is 2.18. The van der Waals surface area contributed by atoms with Gasteiger partial charge >= 0.3 is 0 Å². The van der Waals surface area contributed by atoms with Crippen molar-refractivity contribution in [2.45, 2.75) is 6.92 Å². The van der Waals surface area contributed by atoms with Gasteiger partial charge in [-0.25, -0.2) is 13.5 Å². The molecule has 0 fully saturated rings. The molecule has 6 nitrogen and oxygen atoms in total. The first-order valence-electron chi connectivity index (χ1n) is 6.03. The van der Waals surface area contributed by atoms with Crippen LogP contribution in [0.4, 0.5) is 14.7 Å². The van der Waals surface area contributed by atoms with Gasteiger partial charge in [-0.3, -0.25) is 0 Å². The number of halogens is 2. The molecule has 2 N–H and O–H groups in total. The first-order valence-corrected chi connectivity index (χ1v) is 6.03. The summed E-state index contributed by atoms with van der Waals surface area (Å²) in [7, 11) is 0. The van der Waals surface area contributed by atoms with E-state index in [-0.39, 0.29) is 28.8 Å². The molecule has 0 aliphatic rings. The number of nitrogens with two attached hydrogens (primary N) is 1. The first-order chi connectivity index (χ1) is 10.1. The smallest absolute Gasteiger partial charge is 0.255 e. The molecule has 0 saturated carbocycles. The fraction of sp³-hybridized carbons (Fsp3) is 0.0769. The predicted molar refractivity (Wildman–Crippen MR) is 71.5 cm³/mol. The van der Waals surface area contributed by atoms with Crippen molar-refractivity contribution in [1.29, 1.82) is 0 Å². The highest BCUT2D eigenvalue weighted by Crippen LogP contribution is 2.25. The van der Waals surface area contributed by atoms with E-state index in [0.29, 0.717) is 0 Å². The summed E-state index contributed by atoms with van der Waals surface area (Å²) in [5, 5.41) is 3.95. The van der Waals surface area contributed by atoms with E-state index in [4.69, 9.17) is 5.73 Å². The Morgan fingerprint density at radius 1 is 1.14 bits per heavy atom. The molecule has 0 radical (unpaired) electrons. The maximum atomic E-state index is 14.2. The molecule has 0 unspecified atom stereocenters. The third-order valence-electron chi connectivity index (χ3n) is 2.86. The zero-order valence-corrected chi connectivity index (χ0v) is 11.0. The van der Waals surface area contributed by atoms with Gasteiger partial charge in [-0.05, 0) is 24.6 Å². The largest absolute Gasteiger partial charge is 0.368 e. The molecule has 1 aromatic carbocycles. The second kappa shape index (κ2) is 4.89. The van der Waals surface area contributed by atoms with Crippen LogP contribution in [0.3, 0.4) is 0 Å². The van der Waals surface area contributed by atoms with Gasteiger partial charge < -0.3 is 5.73 Å². The Kier molecular flexibility index (Phi) is 3.05. The Bertz CT molecular complexity index is 801. The molecule has 21 heavy (non-hydrogen) atoms. The number of benzene rings is 1. The predicted octanol–water partition coefficient (Wildman–Crippen LogP) is 1.89. The molecule has 0 saturated heterocycles. The van der Waals surface area contributed by atoms with Gasteiger partial charge in [0.2, 0.25) is 5.95 Å². The van der Waals surface area contributed by atoms with Crippen molar-refractivity contribution in [3.8, 4) is 17.3 Å². The van der Waals surface area contributed by atoms with Gasteiger partial charge in [0, 0.05) is 12.4 Å². The summed E-state index contributed by atoms with van der Waals surface area (Å²) < 4.78 is 29.4. The number of nitrogen functional groups attached to an aromatic ring is 1. The van der Waals surface area contributed by atoms with Crippen LogP contribution in [-0.2, 0) is 0 Å². The van der Waals surface area contributed by atoms with Crippen LogP contribution in [0.5, 0.6) is 0 Å². The quantitative estimate of drug-likeness (QED) is 0.778. The van der Waals surface area contributed by atoms with E-state index < -0.39 is 11.6 Å². The summed E-state index contributed by atoms with van der Waals surface area (Å²) in [4.78, 5) is 11.7. The molecule has 0 bridgehead atoms. The minimum Gasteiger partial charge on any atom is -0.368 e. The number of hydrogen-bond acceptors (Lipinski definition) is 5. The van der Waals surface area contributed by atoms with E-state index >= 15 is 0 Å². The maximum Gasteiger partial charge on any atom is 0.255 e. The lowest BCUT2D eigenvalue weighted by molar-refractivity contribution is 0.581. The number of aryl methyl sites for hydroxylation is 1. The Balaban J connectivity index is 2.23. The molecule has 0 amide bonds. The van der Waals surface area contributed by atoms with E-state index in [1.807, 2.05) is 0 Å². The second-order valence-corrected chi connectivity index (χ2v) is 4.32. The summed E-state index contributed by atoms with van der Waals surface area (Å²) >= 11 is 0. The zero-order valence-electron chi connectivity index (χ0n) is 11.0. The van der Waals surface area contributed by atoms with Gasteiger partial charge in [0.05, 0.1) is 5.56 Å². The van der Waals surface area contributed by atoms with E-state index in [2.05, 4.69) is 20.1 Å². The first kappa shape index (κ1) is 13.1. The molecule has 2 heterocycles. The average molecular weight is 288 g/mol. The fourth-order valence-electron chi connectivity index (χ4n) is 1.84. The van der Waals surface area contributed by atoms with Crippen molar-refractivity contribution in [1.82, 2.24) is 24.7 Å². The molecular weight excluding hydrogens is 278 g/mol. The molecule has 0 aliphatic carbocycles. The van der Waals surface area contributed by atoms with Gasteiger partial charge in [0.25, 0.3) is 5.95 Å². The van der Waals surface area contributed by atoms with E-state index in [9.17, 15) is 8.78 Å². The van der Waals surface area contributed by atoms with Crippen molar-refractivity contribution in [2.75, 3.05) is 5.73 Å². The lowest BCUT2D eigenvalue weighted by Crippen LogP contribution is -2.09. The van der Waals surface area contributed by atoms with E-state index in [1.54, 1.807) is 12.3 Å². The minimum absolute atomic E-state index is 0.0859. The SMILES string of the molecule is Cc1ccc(F)c(-c2nc(N)nc(-n3cccn3)n2)c1F. The van der Waals surface area contributed by atoms with Crippen LogP contribution < -0.4 is 5.73 Å². The highest BCUT2D eigenvalue weighted by molar-refractivity contribution is 5.59. The topological polar surface area (TPSA) is 82.5 Å². The van der Waals surface area contributed by atoms with Crippen molar-refractivity contribution < 1.29 is 8.78 Å². The van der Waals surface area contributed by atoms with Gasteiger partial charge in [0.1, 0.15) is 11.6 Å². The van der Waals surface area contributed by atoms with Crippen LogP contribution in [0.15, 0.2) is 30.6 Å². The van der Waals surface area contributed by atoms with Crippen LogP contribution in [0.25, 0.3) is 17.3 Å². The minimum atomic E-state index is -0.768. The average Bonchev–Trinajstić information content (AvgIpc) is 2.97. The summed E-state index contributed by atoms with van der Waals surface area (Å²) in [6.07, 6.45) is 3.11. The van der Waals surface area contributed by atoms with Gasteiger partial charge in [-0.2, -0.15) is 20.1 Å². The van der Waals surface area contributed by atoms with Crippen molar-refractivity contribution in [3.05, 3.63) is 47.8 Å². The van der Waals surface area contributed by atoms with Crippen molar-refractivity contribution >= 4 is 5.95 Å². The number of aromatic nitrogens is 5. The molecule has 2 aromatic heterocycles. The Hall–Kier alpha value is -2.90. The number of anilines is 1. The van der Waals surface area contributed by atoms with Crippen LogP contribution in [-0.4, -0.2) is 24.7 Å². The van der Waals surface area contributed by atoms with Crippen LogP contribution in [0.2, 0.25) is 0 Å². The van der Waals surface area contributed by atoms with Crippen LogP contribution in [0.1, 0.15) is 5.56 Å². The third kappa shape index (κ3) is 2.31. The Labute approximate surface area is 118 Å². The van der Waals surface area contributed by atoms with E-state index in [1.165, 1.54) is 23.9 Å². The molecule has 106 valence electrons. The van der Waals surface area contributed by atoms with Gasteiger partial charge in [-0.1, -0.05) is 6.07 Å². The third-order valence-corrected chi connectivity index (χ3v) is 2.86. The fourth-order valence-corrected chi connectivity index (χ4v) is 1.84. The van der Waals surface area contributed by atoms with Crippen molar-refractivity contribution in [3.63, 3.8) is 0 Å². The molecule has 3 rings (SSSR count). The Morgan fingerprint density at radius 3 is 2.67 bits per heavy atom. The maximum absolute atomic E-state index is 14.2. The highest BCUT2D eigenvalue weighted by atomic mass is 19.1. The molecular formula is C13H10F2N6. The number of hydrogen-bond donors (Lipinski definition) is 1. The normalized spacial score (nSPS) is 10.8. The number of rotatable bonds is 2. The lowest BCUT2D eigenvalue weighted by atomic mass is 10.1. The monoisotopic (exact) mass is 288 g/mol. The van der Waals surface area contributed by atoms with Gasteiger partial charge in [-0.15, -0.1) is 0 Å². The molecule has 8 heteroatoms. The summed E-state index contributed by atoms with van der Waals surface area (Å²) in [6, 6.07) is 4.15. The summed E-state index contributed by atoms with van der Waals surface area (Å²) in [6.45, 7) is 1.53. The van der Waals surface area contributed by atoms with Crippen LogP contribution >= 0.6 is 0 Å². The molecule has 0 spiro atoms. The molecule has 0 atom stereocenters. The van der Waals surface area contributed by atoms with Gasteiger partial charge in [0.15, 0.2) is 5.82 Å². The standard InChI is InChI=1S/C13H10F2N6/c1-7-3-4-8(14)9(10(7)15)11-18-12(16)20-13(19-11)21-6-2-5-17-21/h2-6H,1H3,(H2,16,18,19,20).